The van der Waals surface area contributed by atoms with Gasteiger partial charge in [0, 0.05) is 44.1 Å². The van der Waals surface area contributed by atoms with Crippen molar-refractivity contribution in [1.82, 2.24) is 39.6 Å². The molecule has 0 saturated carbocycles. The highest BCUT2D eigenvalue weighted by Gasteiger charge is 2.39. The number of amides is 3. The Balaban J connectivity index is 0.936. The molecule has 0 unspecified atom stereocenters. The molecule has 0 spiro atoms. The van der Waals surface area contributed by atoms with Gasteiger partial charge in [0.15, 0.2) is 0 Å². The van der Waals surface area contributed by atoms with Crippen LogP contribution in [-0.2, 0) is 14.3 Å². The van der Waals surface area contributed by atoms with Crippen LogP contribution in [0, 0.1) is 0 Å². The van der Waals surface area contributed by atoms with E-state index >= 15 is 0 Å². The van der Waals surface area contributed by atoms with E-state index < -0.39 is 12.1 Å². The van der Waals surface area contributed by atoms with Gasteiger partial charge in [-0.1, -0.05) is 54.6 Å². The van der Waals surface area contributed by atoms with Crippen LogP contribution >= 0.6 is 0 Å². The number of pyridine rings is 1. The second-order valence-electron chi connectivity index (χ2n) is 14.0. The first-order valence-corrected chi connectivity index (χ1v) is 18.3. The summed E-state index contributed by atoms with van der Waals surface area (Å²) in [7, 11) is 1.43. The van der Waals surface area contributed by atoms with E-state index in [0.29, 0.717) is 24.5 Å². The number of likely N-dealkylation sites (N-methyl/N-ethyl adjacent to an activating group) is 1. The Morgan fingerprint density at radius 3 is 2.00 bits per heavy atom. The van der Waals surface area contributed by atoms with Crippen LogP contribution in [-0.4, -0.2) is 95.5 Å². The van der Waals surface area contributed by atoms with Crippen molar-refractivity contribution in [3.63, 3.8) is 0 Å². The summed E-state index contributed by atoms with van der Waals surface area (Å²) in [5.74, 6) is 1.27. The molecular formula is C40H42N8O5. The van der Waals surface area contributed by atoms with Crippen LogP contribution in [0.3, 0.4) is 0 Å². The Morgan fingerprint density at radius 1 is 0.755 bits per heavy atom. The fourth-order valence-electron chi connectivity index (χ4n) is 7.87. The summed E-state index contributed by atoms with van der Waals surface area (Å²) in [6.45, 7) is 1.89. The first-order chi connectivity index (χ1) is 25.9. The highest BCUT2D eigenvalue weighted by atomic mass is 16.5. The molecule has 3 aliphatic heterocycles. The third kappa shape index (κ3) is 6.79. The van der Waals surface area contributed by atoms with Crippen molar-refractivity contribution in [3.8, 4) is 33.8 Å². The standard InChI is InChI=1S/C40H42N8O5/c1-46(40(51)52)35(27-8-3-2-4-9-27)39(50)48-20-6-11-33(48)37-42-23-30(44-37)26-15-13-25(14-16-26)29-18-17-28(22-41-29)31-24-43-36(45-31)32-10-5-19-47(32)38(49)34-12-7-21-53-34/h2-4,8-9,13-18,22-24,32-35H,5-7,10-12,19-21H2,1H3,(H,42,44)(H,43,45)(H,51,52)/t32-,33-,34+,35+/m0/s1. The minimum atomic E-state index is -1.17. The fourth-order valence-corrected chi connectivity index (χ4v) is 7.87. The molecule has 3 amide bonds. The number of ether oxygens (including phenoxy) is 1. The number of carbonyl (C=O) groups excluding carboxylic acids is 2. The number of carbonyl (C=O) groups is 3. The molecule has 272 valence electrons. The Hall–Kier alpha value is -5.82. The number of benzene rings is 2. The van der Waals surface area contributed by atoms with Gasteiger partial charge in [-0.05, 0) is 61.8 Å². The number of hydrogen-bond acceptors (Lipinski definition) is 7. The Kier molecular flexibility index (Phi) is 9.48. The SMILES string of the molecule is CN(C(=O)O)[C@@H](C(=O)N1CCC[C@H]1c1ncc(-c2ccc(-c3ccc(-c4cnc([C@@H]5CCCN5C(=O)[C@H]5CCCO5)[nH]4)cn3)cc2)[nH]1)c1ccccc1. The highest BCUT2D eigenvalue weighted by Crippen LogP contribution is 2.36. The van der Waals surface area contributed by atoms with Crippen LogP contribution in [0.15, 0.2) is 85.3 Å². The van der Waals surface area contributed by atoms with Gasteiger partial charge in [0.2, 0.25) is 0 Å². The molecule has 3 fully saturated rings. The van der Waals surface area contributed by atoms with E-state index in [-0.39, 0.29) is 30.0 Å². The molecule has 53 heavy (non-hydrogen) atoms. The number of H-pyrrole nitrogens is 2. The fraction of sp³-hybridized carbons (Fsp3) is 0.350. The summed E-state index contributed by atoms with van der Waals surface area (Å²) < 4.78 is 5.66. The molecule has 5 aromatic rings. The number of likely N-dealkylation sites (tertiary alicyclic amines) is 2. The molecule has 0 radical (unpaired) electrons. The smallest absolute Gasteiger partial charge is 0.407 e. The van der Waals surface area contributed by atoms with E-state index in [1.165, 1.54) is 7.05 Å². The second kappa shape index (κ2) is 14.7. The Labute approximate surface area is 307 Å². The van der Waals surface area contributed by atoms with Crippen molar-refractivity contribution in [2.75, 3.05) is 26.7 Å². The number of aromatic amines is 2. The van der Waals surface area contributed by atoms with Gasteiger partial charge < -0.3 is 29.6 Å². The molecule has 0 aliphatic carbocycles. The molecule has 13 heteroatoms. The molecule has 3 N–H and O–H groups in total. The number of nitrogens with zero attached hydrogens (tertiary/aromatic N) is 6. The van der Waals surface area contributed by atoms with Gasteiger partial charge in [0.05, 0.1) is 41.6 Å². The van der Waals surface area contributed by atoms with E-state index in [2.05, 4.69) is 19.9 Å². The van der Waals surface area contributed by atoms with Crippen LogP contribution in [0.25, 0.3) is 33.8 Å². The van der Waals surface area contributed by atoms with Crippen molar-refractivity contribution in [2.45, 2.75) is 62.8 Å². The number of carboxylic acid groups (broad SMARTS) is 1. The minimum absolute atomic E-state index is 0.0697. The predicted molar refractivity (Wildman–Crippen MR) is 196 cm³/mol. The maximum Gasteiger partial charge on any atom is 0.407 e. The molecule has 3 aliphatic rings. The summed E-state index contributed by atoms with van der Waals surface area (Å²) in [4.78, 5) is 64.6. The molecular weight excluding hydrogens is 672 g/mol. The van der Waals surface area contributed by atoms with Gasteiger partial charge in [0.1, 0.15) is 23.8 Å². The zero-order valence-corrected chi connectivity index (χ0v) is 29.5. The third-order valence-corrected chi connectivity index (χ3v) is 10.7. The van der Waals surface area contributed by atoms with Crippen LogP contribution in [0.4, 0.5) is 4.79 Å². The second-order valence-corrected chi connectivity index (χ2v) is 14.0. The topological polar surface area (TPSA) is 161 Å². The van der Waals surface area contributed by atoms with E-state index in [9.17, 15) is 19.5 Å². The van der Waals surface area contributed by atoms with Crippen LogP contribution in [0.2, 0.25) is 0 Å². The quantitative estimate of drug-likeness (QED) is 0.158. The van der Waals surface area contributed by atoms with Crippen molar-refractivity contribution in [3.05, 3.63) is 103 Å². The lowest BCUT2D eigenvalue weighted by atomic mass is 10.0. The largest absolute Gasteiger partial charge is 0.465 e. The maximum atomic E-state index is 13.9. The molecule has 4 atom stereocenters. The summed E-state index contributed by atoms with van der Waals surface area (Å²) >= 11 is 0. The van der Waals surface area contributed by atoms with E-state index in [4.69, 9.17) is 9.72 Å². The molecule has 3 saturated heterocycles. The Morgan fingerprint density at radius 2 is 1.38 bits per heavy atom. The molecule has 0 bridgehead atoms. The average Bonchev–Trinajstić information content (AvgIpc) is 4.05. The zero-order chi connectivity index (χ0) is 36.5. The molecule has 13 nitrogen and oxygen atoms in total. The van der Waals surface area contributed by atoms with E-state index in [1.54, 1.807) is 23.2 Å². The average molecular weight is 715 g/mol. The Bertz CT molecular complexity index is 2070. The van der Waals surface area contributed by atoms with Gasteiger partial charge in [-0.15, -0.1) is 0 Å². The summed E-state index contributed by atoms with van der Waals surface area (Å²) in [5.41, 5.74) is 5.95. The van der Waals surface area contributed by atoms with Crippen LogP contribution in [0.5, 0.6) is 0 Å². The number of rotatable bonds is 9. The monoisotopic (exact) mass is 714 g/mol. The molecule has 8 rings (SSSR count). The molecule has 2 aromatic carbocycles. The number of imidazole rings is 2. The normalized spacial score (nSPS) is 20.5. The van der Waals surface area contributed by atoms with Crippen molar-refractivity contribution < 1.29 is 24.2 Å². The lowest BCUT2D eigenvalue weighted by Gasteiger charge is -2.32. The number of aromatic nitrogens is 5. The summed E-state index contributed by atoms with van der Waals surface area (Å²) in [6, 6.07) is 19.8. The van der Waals surface area contributed by atoms with Crippen LogP contribution < -0.4 is 0 Å². The van der Waals surface area contributed by atoms with Crippen LogP contribution in [0.1, 0.15) is 73.9 Å². The van der Waals surface area contributed by atoms with Gasteiger partial charge in [-0.25, -0.2) is 14.8 Å². The lowest BCUT2D eigenvalue weighted by molar-refractivity contribution is -0.142. The maximum absolute atomic E-state index is 13.9. The van der Waals surface area contributed by atoms with Gasteiger partial charge in [0.25, 0.3) is 11.8 Å². The molecule has 6 heterocycles. The predicted octanol–water partition coefficient (Wildman–Crippen LogP) is 6.39. The summed E-state index contributed by atoms with van der Waals surface area (Å²) in [5, 5.41) is 9.77. The lowest BCUT2D eigenvalue weighted by Crippen LogP contribution is -2.43. The molecule has 3 aromatic heterocycles. The van der Waals surface area contributed by atoms with E-state index in [0.717, 1.165) is 89.6 Å². The van der Waals surface area contributed by atoms with Gasteiger partial charge >= 0.3 is 6.09 Å². The number of hydrogen-bond donors (Lipinski definition) is 3. The van der Waals surface area contributed by atoms with Gasteiger partial charge in [-0.3, -0.25) is 19.5 Å². The summed E-state index contributed by atoms with van der Waals surface area (Å²) in [6.07, 6.45) is 8.97. The van der Waals surface area contributed by atoms with E-state index in [1.807, 2.05) is 71.9 Å². The minimum Gasteiger partial charge on any atom is -0.465 e. The van der Waals surface area contributed by atoms with Crippen molar-refractivity contribution in [1.29, 1.82) is 0 Å². The highest BCUT2D eigenvalue weighted by molar-refractivity contribution is 5.87. The third-order valence-electron chi connectivity index (χ3n) is 10.7. The first kappa shape index (κ1) is 34.3. The van der Waals surface area contributed by atoms with Crippen molar-refractivity contribution in [2.24, 2.45) is 0 Å². The number of nitrogens with one attached hydrogen (secondary N) is 2. The van der Waals surface area contributed by atoms with Gasteiger partial charge in [-0.2, -0.15) is 0 Å². The first-order valence-electron chi connectivity index (χ1n) is 18.3. The van der Waals surface area contributed by atoms with Crippen molar-refractivity contribution >= 4 is 17.9 Å². The zero-order valence-electron chi connectivity index (χ0n) is 29.5.